The Labute approximate surface area is 237 Å². The van der Waals surface area contributed by atoms with Gasteiger partial charge in [-0.15, -0.1) is 0 Å². The average molecular weight is 524 g/mol. The van der Waals surface area contributed by atoms with Crippen LogP contribution in [0.3, 0.4) is 0 Å². The molecule has 1 aliphatic rings. The summed E-state index contributed by atoms with van der Waals surface area (Å²) in [6, 6.07) is 39.4. The van der Waals surface area contributed by atoms with Gasteiger partial charge in [0.15, 0.2) is 5.65 Å². The lowest BCUT2D eigenvalue weighted by Gasteiger charge is -2.16. The van der Waals surface area contributed by atoms with E-state index in [-0.39, 0.29) is 0 Å². The summed E-state index contributed by atoms with van der Waals surface area (Å²) in [5.74, 6) is 0. The normalized spacial score (nSPS) is 13.1. The van der Waals surface area contributed by atoms with Crippen LogP contribution in [0, 0.1) is 0 Å². The zero-order valence-electron chi connectivity index (χ0n) is 22.4. The van der Waals surface area contributed by atoms with E-state index in [1.807, 2.05) is 12.1 Å². The number of hydrogen-bond acceptors (Lipinski definition) is 2. The van der Waals surface area contributed by atoms with E-state index in [1.54, 1.807) is 0 Å². The molecule has 5 aromatic carbocycles. The highest BCUT2D eigenvalue weighted by Crippen LogP contribution is 2.39. The maximum absolute atomic E-state index is 5.26. The summed E-state index contributed by atoms with van der Waals surface area (Å²) in [5.41, 5.74) is 9.92. The highest BCUT2D eigenvalue weighted by Gasteiger charge is 2.20. The number of pyridine rings is 2. The summed E-state index contributed by atoms with van der Waals surface area (Å²) < 4.78 is 2.11. The fourth-order valence-corrected chi connectivity index (χ4v) is 6.74. The van der Waals surface area contributed by atoms with Crippen molar-refractivity contribution in [3.63, 3.8) is 0 Å². The molecule has 3 aromatic heterocycles. The van der Waals surface area contributed by atoms with Crippen LogP contribution in [0.5, 0.6) is 0 Å². The molecule has 0 saturated carbocycles. The van der Waals surface area contributed by atoms with Gasteiger partial charge in [-0.2, -0.15) is 0 Å². The molecule has 0 bridgehead atoms. The third kappa shape index (κ3) is 3.33. The van der Waals surface area contributed by atoms with Gasteiger partial charge in [0.1, 0.15) is 11.2 Å². The van der Waals surface area contributed by atoms with Crippen molar-refractivity contribution in [2.45, 2.75) is 12.8 Å². The van der Waals surface area contributed by atoms with Crippen LogP contribution < -0.4 is 0 Å². The van der Waals surface area contributed by atoms with Gasteiger partial charge in [-0.05, 0) is 86.1 Å². The molecule has 0 N–H and O–H groups in total. The molecule has 8 aromatic rings. The zero-order chi connectivity index (χ0) is 26.9. The topological polar surface area (TPSA) is 30.2 Å². The SMILES string of the molecule is C1=Cc2c(-c3cccc(-c4ccc5c6ccccc6c6ccccc6c5c4)c3)nc3c(nc4ccccn43)c2CC1. The van der Waals surface area contributed by atoms with Crippen molar-refractivity contribution in [1.82, 2.24) is 14.4 Å². The van der Waals surface area contributed by atoms with Gasteiger partial charge in [0.05, 0.1) is 5.69 Å². The van der Waals surface area contributed by atoms with Crippen LogP contribution >= 0.6 is 0 Å². The fourth-order valence-electron chi connectivity index (χ4n) is 6.74. The first kappa shape index (κ1) is 22.5. The van der Waals surface area contributed by atoms with Crippen molar-refractivity contribution in [2.24, 2.45) is 0 Å². The summed E-state index contributed by atoms with van der Waals surface area (Å²) >= 11 is 0. The second-order valence-electron chi connectivity index (χ2n) is 10.9. The maximum Gasteiger partial charge on any atom is 0.165 e. The lowest BCUT2D eigenvalue weighted by atomic mass is 9.90. The molecular weight excluding hydrogens is 498 g/mol. The molecular formula is C38H25N3. The summed E-state index contributed by atoms with van der Waals surface area (Å²) in [5, 5.41) is 7.76. The summed E-state index contributed by atoms with van der Waals surface area (Å²) in [6.07, 6.45) is 8.57. The fraction of sp³-hybridized carbons (Fsp3) is 0.0526. The predicted octanol–water partition coefficient (Wildman–Crippen LogP) is 9.64. The van der Waals surface area contributed by atoms with E-state index in [0.29, 0.717) is 0 Å². The second-order valence-corrected chi connectivity index (χ2v) is 10.9. The summed E-state index contributed by atoms with van der Waals surface area (Å²) in [6.45, 7) is 0. The lowest BCUT2D eigenvalue weighted by Crippen LogP contribution is -2.02. The molecule has 3 nitrogen and oxygen atoms in total. The standard InChI is InChI=1S/C38H25N3/c1-2-14-29-27(12-1)28-13-3-4-15-30(28)34-23-25(19-20-31(29)34)24-10-9-11-26(22-24)36-32-16-5-6-17-33(32)37-38(40-36)41-21-8-7-18-35(41)39-37/h1-5,7-16,18-23H,6,17H2. The van der Waals surface area contributed by atoms with Crippen LogP contribution in [0.25, 0.3) is 77.6 Å². The number of imidazole rings is 1. The molecule has 1 aliphatic carbocycles. The molecule has 0 atom stereocenters. The van der Waals surface area contributed by atoms with E-state index in [0.717, 1.165) is 40.9 Å². The predicted molar refractivity (Wildman–Crippen MR) is 171 cm³/mol. The first-order chi connectivity index (χ1) is 20.3. The quantitative estimate of drug-likeness (QED) is 0.211. The molecule has 9 rings (SSSR count). The van der Waals surface area contributed by atoms with Crippen LogP contribution in [0.1, 0.15) is 17.5 Å². The minimum Gasteiger partial charge on any atom is -0.284 e. The minimum absolute atomic E-state index is 0.930. The van der Waals surface area contributed by atoms with Crippen LogP contribution in [-0.2, 0) is 6.42 Å². The van der Waals surface area contributed by atoms with Gasteiger partial charge in [-0.25, -0.2) is 9.97 Å². The number of hydrogen-bond donors (Lipinski definition) is 0. The molecule has 3 heteroatoms. The molecule has 0 fully saturated rings. The highest BCUT2D eigenvalue weighted by molar-refractivity contribution is 6.25. The number of nitrogens with zero attached hydrogens (tertiary/aromatic N) is 3. The van der Waals surface area contributed by atoms with Crippen molar-refractivity contribution >= 4 is 55.2 Å². The van der Waals surface area contributed by atoms with Gasteiger partial charge in [-0.1, -0.05) is 97.1 Å². The monoisotopic (exact) mass is 523 g/mol. The third-order valence-corrected chi connectivity index (χ3v) is 8.65. The van der Waals surface area contributed by atoms with E-state index < -0.39 is 0 Å². The largest absolute Gasteiger partial charge is 0.284 e. The Morgan fingerprint density at radius 3 is 2.05 bits per heavy atom. The average Bonchev–Trinajstić information content (AvgIpc) is 3.43. The van der Waals surface area contributed by atoms with Crippen LogP contribution in [-0.4, -0.2) is 14.4 Å². The van der Waals surface area contributed by atoms with Crippen molar-refractivity contribution in [2.75, 3.05) is 0 Å². The van der Waals surface area contributed by atoms with Gasteiger partial charge in [0.2, 0.25) is 0 Å². The smallest absolute Gasteiger partial charge is 0.165 e. The molecule has 0 aliphatic heterocycles. The van der Waals surface area contributed by atoms with Gasteiger partial charge < -0.3 is 0 Å². The van der Waals surface area contributed by atoms with Crippen molar-refractivity contribution in [1.29, 1.82) is 0 Å². The van der Waals surface area contributed by atoms with Gasteiger partial charge in [0.25, 0.3) is 0 Å². The second kappa shape index (κ2) is 8.61. The number of benzene rings is 5. The molecule has 0 amide bonds. The third-order valence-electron chi connectivity index (χ3n) is 8.65. The molecule has 192 valence electrons. The number of aromatic nitrogens is 3. The maximum atomic E-state index is 5.26. The minimum atomic E-state index is 0.930. The molecule has 0 radical (unpaired) electrons. The lowest BCUT2D eigenvalue weighted by molar-refractivity contribution is 0.989. The first-order valence-corrected chi connectivity index (χ1v) is 14.2. The molecule has 0 unspecified atom stereocenters. The Morgan fingerprint density at radius 1 is 0.561 bits per heavy atom. The molecule has 0 saturated heterocycles. The molecule has 3 heterocycles. The van der Waals surface area contributed by atoms with E-state index >= 15 is 0 Å². The highest BCUT2D eigenvalue weighted by atomic mass is 15.1. The van der Waals surface area contributed by atoms with Crippen LogP contribution in [0.4, 0.5) is 0 Å². The zero-order valence-corrected chi connectivity index (χ0v) is 22.4. The Morgan fingerprint density at radius 2 is 1.24 bits per heavy atom. The van der Waals surface area contributed by atoms with E-state index in [2.05, 4.69) is 120 Å². The Kier molecular flexibility index (Phi) is 4.73. The number of fused-ring (bicyclic) bond motifs is 11. The molecule has 41 heavy (non-hydrogen) atoms. The van der Waals surface area contributed by atoms with Crippen LogP contribution in [0.15, 0.2) is 121 Å². The van der Waals surface area contributed by atoms with Gasteiger partial charge in [-0.3, -0.25) is 4.40 Å². The Bertz CT molecular complexity index is 2340. The first-order valence-electron chi connectivity index (χ1n) is 14.2. The van der Waals surface area contributed by atoms with Crippen LogP contribution in [0.2, 0.25) is 0 Å². The summed E-state index contributed by atoms with van der Waals surface area (Å²) in [7, 11) is 0. The van der Waals surface area contributed by atoms with E-state index in [4.69, 9.17) is 9.97 Å². The number of aryl methyl sites for hydroxylation is 1. The summed E-state index contributed by atoms with van der Waals surface area (Å²) in [4.78, 5) is 10.2. The number of rotatable bonds is 2. The van der Waals surface area contributed by atoms with Gasteiger partial charge in [0, 0.05) is 17.3 Å². The van der Waals surface area contributed by atoms with Crippen molar-refractivity contribution < 1.29 is 0 Å². The van der Waals surface area contributed by atoms with Crippen molar-refractivity contribution in [3.05, 3.63) is 133 Å². The Balaban J connectivity index is 1.27. The van der Waals surface area contributed by atoms with Crippen molar-refractivity contribution in [3.8, 4) is 22.4 Å². The number of allylic oxidation sites excluding steroid dienone is 1. The van der Waals surface area contributed by atoms with Gasteiger partial charge >= 0.3 is 0 Å². The van der Waals surface area contributed by atoms with E-state index in [9.17, 15) is 0 Å². The Hall–Kier alpha value is -5.28. The van der Waals surface area contributed by atoms with E-state index in [1.165, 1.54) is 54.6 Å². The molecule has 0 spiro atoms.